The summed E-state index contributed by atoms with van der Waals surface area (Å²) < 4.78 is 2.24. The molecule has 0 spiro atoms. The van der Waals surface area contributed by atoms with Crippen LogP contribution in [-0.4, -0.2) is 27.0 Å². The summed E-state index contributed by atoms with van der Waals surface area (Å²) >= 11 is 2.59. The lowest BCUT2D eigenvalue weighted by molar-refractivity contribution is -0.113. The summed E-state index contributed by atoms with van der Waals surface area (Å²) in [5.41, 5.74) is 4.98. The number of hydrogen-bond donors (Lipinski definition) is 1. The zero-order chi connectivity index (χ0) is 23.5. The van der Waals surface area contributed by atoms with Gasteiger partial charge in [0.05, 0.1) is 17.8 Å². The van der Waals surface area contributed by atoms with Crippen molar-refractivity contribution in [3.63, 3.8) is 0 Å². The van der Waals surface area contributed by atoms with Gasteiger partial charge in [0.1, 0.15) is 4.70 Å². The number of amides is 1. The lowest BCUT2D eigenvalue weighted by Gasteiger charge is -2.13. The minimum Gasteiger partial charge on any atom is -0.325 e. The Balaban J connectivity index is 1.57. The smallest absolute Gasteiger partial charge is 0.272 e. The molecule has 0 radical (unpaired) electrons. The minimum atomic E-state index is -0.238. The van der Waals surface area contributed by atoms with Gasteiger partial charge in [-0.25, -0.2) is 4.98 Å². The van der Waals surface area contributed by atoms with Crippen LogP contribution < -0.4 is 10.9 Å². The van der Waals surface area contributed by atoms with Crippen LogP contribution in [0.3, 0.4) is 0 Å². The highest BCUT2D eigenvalue weighted by molar-refractivity contribution is 7.99. The molecule has 6 nitrogen and oxygen atoms in total. The average molecular weight is 478 g/mol. The lowest BCUT2D eigenvalue weighted by atomic mass is 10.1. The molecule has 168 valence electrons. The first kappa shape index (κ1) is 22.9. The molecule has 0 aliphatic carbocycles. The van der Waals surface area contributed by atoms with E-state index >= 15 is 0 Å². The molecule has 0 saturated heterocycles. The molecular weight excluding hydrogens is 454 g/mol. The predicted molar refractivity (Wildman–Crippen MR) is 135 cm³/mol. The van der Waals surface area contributed by atoms with E-state index in [-0.39, 0.29) is 23.0 Å². The van der Waals surface area contributed by atoms with Crippen LogP contribution in [0.4, 0.5) is 5.69 Å². The lowest BCUT2D eigenvalue weighted by Crippen LogP contribution is -2.24. The topological polar surface area (TPSA) is 81.1 Å². The third kappa shape index (κ3) is 5.23. The standard InChI is InChI=1S/C25H23N3O3S2/c1-15-7-8-18(11-16(15)2)13-28-24(31)23-21(9-10-32-23)27-25(28)33-14-22(30)26-20-6-4-5-19(12-20)17(3)29/h4-12H,13-14H2,1-3H3,(H,26,30). The highest BCUT2D eigenvalue weighted by Gasteiger charge is 2.15. The summed E-state index contributed by atoms with van der Waals surface area (Å²) in [5.74, 6) is -0.221. The summed E-state index contributed by atoms with van der Waals surface area (Å²) in [6.45, 7) is 5.96. The van der Waals surface area contributed by atoms with E-state index in [4.69, 9.17) is 0 Å². The summed E-state index contributed by atoms with van der Waals surface area (Å²) in [6.07, 6.45) is 0. The fraction of sp³-hybridized carbons (Fsp3) is 0.200. The number of thiophene rings is 1. The number of ketones is 1. The van der Waals surface area contributed by atoms with E-state index in [1.54, 1.807) is 28.8 Å². The molecule has 0 unspecified atom stereocenters. The second kappa shape index (κ2) is 9.72. The van der Waals surface area contributed by atoms with Crippen molar-refractivity contribution in [2.24, 2.45) is 0 Å². The Labute approximate surface area is 199 Å². The Morgan fingerprint density at radius 2 is 1.91 bits per heavy atom. The molecular formula is C25H23N3O3S2. The third-order valence-corrected chi connectivity index (χ3v) is 7.20. The normalized spacial score (nSPS) is 11.0. The molecule has 8 heteroatoms. The van der Waals surface area contributed by atoms with Crippen LogP contribution >= 0.6 is 23.1 Å². The molecule has 2 aromatic heterocycles. The molecule has 1 N–H and O–H groups in total. The van der Waals surface area contributed by atoms with Gasteiger partial charge in [0.2, 0.25) is 5.91 Å². The first-order valence-corrected chi connectivity index (χ1v) is 12.3. The van der Waals surface area contributed by atoms with E-state index < -0.39 is 0 Å². The quantitative estimate of drug-likeness (QED) is 0.229. The molecule has 2 aromatic carbocycles. The van der Waals surface area contributed by atoms with Gasteiger partial charge >= 0.3 is 0 Å². The van der Waals surface area contributed by atoms with Crippen LogP contribution in [-0.2, 0) is 11.3 Å². The number of fused-ring (bicyclic) bond motifs is 1. The highest BCUT2D eigenvalue weighted by Crippen LogP contribution is 2.23. The van der Waals surface area contributed by atoms with Crippen LogP contribution in [0.2, 0.25) is 0 Å². The van der Waals surface area contributed by atoms with Gasteiger partial charge in [-0.2, -0.15) is 0 Å². The third-order valence-electron chi connectivity index (χ3n) is 5.33. The number of benzene rings is 2. The van der Waals surface area contributed by atoms with Gasteiger partial charge in [-0.1, -0.05) is 42.1 Å². The van der Waals surface area contributed by atoms with Crippen LogP contribution in [0, 0.1) is 13.8 Å². The summed E-state index contributed by atoms with van der Waals surface area (Å²) in [7, 11) is 0. The zero-order valence-corrected chi connectivity index (χ0v) is 20.2. The number of aromatic nitrogens is 2. The van der Waals surface area contributed by atoms with Gasteiger partial charge < -0.3 is 5.32 Å². The maximum Gasteiger partial charge on any atom is 0.272 e. The summed E-state index contributed by atoms with van der Waals surface area (Å²) in [6, 6.07) is 14.8. The Morgan fingerprint density at radius 3 is 2.67 bits per heavy atom. The molecule has 33 heavy (non-hydrogen) atoms. The second-order valence-corrected chi connectivity index (χ2v) is 9.67. The van der Waals surface area contributed by atoms with E-state index in [1.165, 1.54) is 35.6 Å². The monoisotopic (exact) mass is 477 g/mol. The Hall–Kier alpha value is -3.23. The number of nitrogens with zero attached hydrogens (tertiary/aromatic N) is 2. The molecule has 0 atom stereocenters. The number of anilines is 1. The zero-order valence-electron chi connectivity index (χ0n) is 18.5. The van der Waals surface area contributed by atoms with E-state index in [2.05, 4.69) is 23.3 Å². The molecule has 0 saturated carbocycles. The average Bonchev–Trinajstić information content (AvgIpc) is 3.26. The molecule has 4 aromatic rings. The fourth-order valence-corrected chi connectivity index (χ4v) is 4.98. The minimum absolute atomic E-state index is 0.0656. The van der Waals surface area contributed by atoms with E-state index in [0.29, 0.717) is 33.2 Å². The predicted octanol–water partition coefficient (Wildman–Crippen LogP) is 5.06. The number of nitrogens with one attached hydrogen (secondary N) is 1. The molecule has 0 bridgehead atoms. The molecule has 2 heterocycles. The van der Waals surface area contributed by atoms with E-state index in [9.17, 15) is 14.4 Å². The maximum atomic E-state index is 13.2. The molecule has 4 rings (SSSR count). The van der Waals surface area contributed by atoms with Crippen molar-refractivity contribution in [1.82, 2.24) is 9.55 Å². The van der Waals surface area contributed by atoms with Gasteiger partial charge in [0.15, 0.2) is 10.9 Å². The molecule has 0 aliphatic heterocycles. The van der Waals surface area contributed by atoms with Crippen LogP contribution in [0.5, 0.6) is 0 Å². The fourth-order valence-electron chi connectivity index (χ4n) is 3.40. The van der Waals surface area contributed by atoms with Crippen molar-refractivity contribution < 1.29 is 9.59 Å². The second-order valence-electron chi connectivity index (χ2n) is 7.81. The first-order chi connectivity index (χ1) is 15.8. The molecule has 0 aliphatic rings. The van der Waals surface area contributed by atoms with E-state index in [0.717, 1.165) is 11.1 Å². The van der Waals surface area contributed by atoms with E-state index in [1.807, 2.05) is 30.5 Å². The van der Waals surface area contributed by atoms with Crippen molar-refractivity contribution in [2.75, 3.05) is 11.1 Å². The number of hydrogen-bond acceptors (Lipinski definition) is 6. The van der Waals surface area contributed by atoms with Gasteiger partial charge in [0.25, 0.3) is 5.56 Å². The molecule has 1 amide bonds. The van der Waals surface area contributed by atoms with Gasteiger partial charge in [-0.05, 0) is 61.0 Å². The summed E-state index contributed by atoms with van der Waals surface area (Å²) in [4.78, 5) is 42.0. The number of rotatable bonds is 7. The summed E-state index contributed by atoms with van der Waals surface area (Å²) in [5, 5.41) is 5.16. The van der Waals surface area contributed by atoms with Crippen LogP contribution in [0.25, 0.3) is 10.2 Å². The van der Waals surface area contributed by atoms with Crippen LogP contribution in [0.15, 0.2) is 63.9 Å². The number of aryl methyl sites for hydroxylation is 2. The maximum absolute atomic E-state index is 13.2. The van der Waals surface area contributed by atoms with Crippen molar-refractivity contribution >= 4 is 50.7 Å². The van der Waals surface area contributed by atoms with Crippen molar-refractivity contribution in [3.8, 4) is 0 Å². The highest BCUT2D eigenvalue weighted by atomic mass is 32.2. The number of Topliss-reactive ketones (excluding diaryl/α,β-unsaturated/α-hetero) is 1. The van der Waals surface area contributed by atoms with Gasteiger partial charge in [-0.15, -0.1) is 11.3 Å². The number of thioether (sulfide) groups is 1. The van der Waals surface area contributed by atoms with Gasteiger partial charge in [-0.3, -0.25) is 19.0 Å². The largest absolute Gasteiger partial charge is 0.325 e. The number of carbonyl (C=O) groups is 2. The number of carbonyl (C=O) groups excluding carboxylic acids is 2. The first-order valence-electron chi connectivity index (χ1n) is 10.4. The molecule has 0 fully saturated rings. The Kier molecular flexibility index (Phi) is 6.76. The Bertz CT molecular complexity index is 1420. The Morgan fingerprint density at radius 1 is 1.09 bits per heavy atom. The van der Waals surface area contributed by atoms with Crippen molar-refractivity contribution in [3.05, 3.63) is 86.5 Å². The van der Waals surface area contributed by atoms with Gasteiger partial charge in [0, 0.05) is 11.3 Å². The van der Waals surface area contributed by atoms with Crippen LogP contribution in [0.1, 0.15) is 34.0 Å². The SMILES string of the molecule is CC(=O)c1cccc(NC(=O)CSc2nc3ccsc3c(=O)n2Cc2ccc(C)c(C)c2)c1. The van der Waals surface area contributed by atoms with Crippen molar-refractivity contribution in [2.45, 2.75) is 32.5 Å². The van der Waals surface area contributed by atoms with Crippen molar-refractivity contribution in [1.29, 1.82) is 0 Å².